The summed E-state index contributed by atoms with van der Waals surface area (Å²) in [5.41, 5.74) is 6.23. The van der Waals surface area contributed by atoms with E-state index in [1.165, 1.54) is 0 Å². The largest absolute Gasteiger partial charge is 0.488 e. The third kappa shape index (κ3) is 3.65. The highest BCUT2D eigenvalue weighted by atomic mass is 16.5. The third-order valence-corrected chi connectivity index (χ3v) is 2.77. The first-order valence-corrected chi connectivity index (χ1v) is 6.15. The molecule has 0 unspecified atom stereocenters. The first kappa shape index (κ1) is 14.4. The number of ether oxygens (including phenoxy) is 2. The van der Waals surface area contributed by atoms with Crippen molar-refractivity contribution in [1.29, 1.82) is 0 Å². The van der Waals surface area contributed by atoms with E-state index in [1.54, 1.807) is 25.1 Å². The predicted molar refractivity (Wildman–Crippen MR) is 71.8 cm³/mol. The van der Waals surface area contributed by atoms with Crippen LogP contribution in [0.25, 0.3) is 0 Å². The van der Waals surface area contributed by atoms with Crippen molar-refractivity contribution in [3.05, 3.63) is 23.8 Å². The van der Waals surface area contributed by atoms with E-state index in [0.29, 0.717) is 23.6 Å². The van der Waals surface area contributed by atoms with Gasteiger partial charge < -0.3 is 15.2 Å². The summed E-state index contributed by atoms with van der Waals surface area (Å²) in [5.74, 6) is 0.203. The fourth-order valence-electron chi connectivity index (χ4n) is 1.38. The van der Waals surface area contributed by atoms with Crippen molar-refractivity contribution in [2.75, 3.05) is 12.3 Å². The van der Waals surface area contributed by atoms with E-state index in [2.05, 4.69) is 0 Å². The van der Waals surface area contributed by atoms with E-state index in [1.807, 2.05) is 20.8 Å². The van der Waals surface area contributed by atoms with Gasteiger partial charge in [-0.2, -0.15) is 0 Å². The molecule has 1 rings (SSSR count). The van der Waals surface area contributed by atoms with Gasteiger partial charge in [0.1, 0.15) is 11.4 Å². The molecule has 0 aliphatic carbocycles. The average Bonchev–Trinajstić information content (AvgIpc) is 2.31. The molecule has 4 nitrogen and oxygen atoms in total. The van der Waals surface area contributed by atoms with E-state index in [9.17, 15) is 4.79 Å². The van der Waals surface area contributed by atoms with Crippen LogP contribution in [0.4, 0.5) is 5.69 Å². The van der Waals surface area contributed by atoms with E-state index in [4.69, 9.17) is 15.2 Å². The van der Waals surface area contributed by atoms with Crippen LogP contribution in [0, 0.1) is 0 Å². The van der Waals surface area contributed by atoms with Crippen LogP contribution >= 0.6 is 0 Å². The lowest BCUT2D eigenvalue weighted by molar-refractivity contribution is 0.0525. The molecule has 0 aliphatic heterocycles. The molecule has 2 N–H and O–H groups in total. The molecule has 0 aliphatic rings. The van der Waals surface area contributed by atoms with E-state index in [0.717, 1.165) is 6.42 Å². The Morgan fingerprint density at radius 3 is 2.56 bits per heavy atom. The monoisotopic (exact) mass is 251 g/mol. The van der Waals surface area contributed by atoms with E-state index in [-0.39, 0.29) is 5.60 Å². The van der Waals surface area contributed by atoms with Gasteiger partial charge in [0.25, 0.3) is 0 Å². The number of carbonyl (C=O) groups is 1. The number of nitrogen functional groups attached to an aromatic ring is 1. The van der Waals surface area contributed by atoms with Gasteiger partial charge >= 0.3 is 5.97 Å². The lowest BCUT2D eigenvalue weighted by Crippen LogP contribution is -2.27. The summed E-state index contributed by atoms with van der Waals surface area (Å²) in [6, 6.07) is 5.05. The Morgan fingerprint density at radius 2 is 2.00 bits per heavy atom. The van der Waals surface area contributed by atoms with E-state index >= 15 is 0 Å². The van der Waals surface area contributed by atoms with Crippen molar-refractivity contribution in [2.45, 2.75) is 39.7 Å². The fourth-order valence-corrected chi connectivity index (χ4v) is 1.38. The van der Waals surface area contributed by atoms with E-state index < -0.39 is 5.97 Å². The fraction of sp³-hybridized carbons (Fsp3) is 0.500. The van der Waals surface area contributed by atoms with Crippen LogP contribution in [-0.4, -0.2) is 18.2 Å². The Morgan fingerprint density at radius 1 is 1.33 bits per heavy atom. The topological polar surface area (TPSA) is 61.5 Å². The Kier molecular flexibility index (Phi) is 4.59. The van der Waals surface area contributed by atoms with Gasteiger partial charge in [-0.1, -0.05) is 6.92 Å². The lowest BCUT2D eigenvalue weighted by atomic mass is 10.1. The highest BCUT2D eigenvalue weighted by Gasteiger charge is 2.19. The zero-order valence-electron chi connectivity index (χ0n) is 11.4. The van der Waals surface area contributed by atoms with Crippen LogP contribution in [0.1, 0.15) is 44.5 Å². The lowest BCUT2D eigenvalue weighted by Gasteiger charge is -2.25. The molecule has 0 bridgehead atoms. The zero-order valence-corrected chi connectivity index (χ0v) is 11.4. The van der Waals surface area contributed by atoms with Crippen LogP contribution < -0.4 is 10.5 Å². The number of carbonyl (C=O) groups excluding carboxylic acids is 1. The van der Waals surface area contributed by atoms with Crippen molar-refractivity contribution in [2.24, 2.45) is 0 Å². The second kappa shape index (κ2) is 5.76. The minimum atomic E-state index is -0.422. The van der Waals surface area contributed by atoms with Crippen molar-refractivity contribution in [3.8, 4) is 5.75 Å². The summed E-state index contributed by atoms with van der Waals surface area (Å²) in [7, 11) is 0. The molecule has 1 aromatic carbocycles. The quantitative estimate of drug-likeness (QED) is 0.645. The maximum absolute atomic E-state index is 11.7. The molecular formula is C14H21NO3. The smallest absolute Gasteiger partial charge is 0.340 e. The van der Waals surface area contributed by atoms with Crippen molar-refractivity contribution in [3.63, 3.8) is 0 Å². The van der Waals surface area contributed by atoms with Crippen LogP contribution in [0.3, 0.4) is 0 Å². The van der Waals surface area contributed by atoms with Gasteiger partial charge in [0.15, 0.2) is 0 Å². The molecule has 0 saturated carbocycles. The molecule has 18 heavy (non-hydrogen) atoms. The maximum atomic E-state index is 11.7. The maximum Gasteiger partial charge on any atom is 0.340 e. The first-order valence-electron chi connectivity index (χ1n) is 6.15. The summed E-state index contributed by atoms with van der Waals surface area (Å²) in [4.78, 5) is 11.7. The van der Waals surface area contributed by atoms with Gasteiger partial charge in [-0.3, -0.25) is 0 Å². The van der Waals surface area contributed by atoms with Gasteiger partial charge in [0.05, 0.1) is 12.2 Å². The number of rotatable bonds is 5. The summed E-state index contributed by atoms with van der Waals surface area (Å²) >= 11 is 0. The number of esters is 1. The number of nitrogens with two attached hydrogens (primary N) is 1. The zero-order chi connectivity index (χ0) is 13.8. The van der Waals surface area contributed by atoms with Gasteiger partial charge in [0, 0.05) is 5.69 Å². The van der Waals surface area contributed by atoms with Gasteiger partial charge in [-0.25, -0.2) is 4.79 Å². The molecule has 0 heterocycles. The first-order chi connectivity index (χ1) is 8.39. The molecule has 0 radical (unpaired) electrons. The summed E-state index contributed by atoms with van der Waals surface area (Å²) in [6.45, 7) is 8.11. The third-order valence-electron chi connectivity index (χ3n) is 2.77. The molecule has 1 aromatic rings. The Balaban J connectivity index is 2.97. The second-order valence-electron chi connectivity index (χ2n) is 4.68. The summed E-state index contributed by atoms with van der Waals surface area (Å²) < 4.78 is 10.8. The minimum absolute atomic E-state index is 0.276. The van der Waals surface area contributed by atoms with Crippen LogP contribution in [0.2, 0.25) is 0 Å². The molecule has 4 heteroatoms. The van der Waals surface area contributed by atoms with Gasteiger partial charge in [0.2, 0.25) is 0 Å². The van der Waals surface area contributed by atoms with Gasteiger partial charge in [-0.05, 0) is 45.4 Å². The SMILES string of the molecule is CCOC(=O)c1cc(OC(C)(C)CC)ccc1N. The normalized spacial score (nSPS) is 11.1. The van der Waals surface area contributed by atoms with Gasteiger partial charge in [-0.15, -0.1) is 0 Å². The van der Waals surface area contributed by atoms with Crippen molar-refractivity contribution < 1.29 is 14.3 Å². The Hall–Kier alpha value is -1.71. The number of benzene rings is 1. The second-order valence-corrected chi connectivity index (χ2v) is 4.68. The predicted octanol–water partition coefficient (Wildman–Crippen LogP) is 3.01. The van der Waals surface area contributed by atoms with Crippen LogP contribution in [0.15, 0.2) is 18.2 Å². The molecule has 0 fully saturated rings. The Labute approximate surface area is 108 Å². The summed E-state index contributed by atoms with van der Waals surface area (Å²) in [5, 5.41) is 0. The minimum Gasteiger partial charge on any atom is -0.488 e. The molecule has 0 saturated heterocycles. The number of hydrogen-bond donors (Lipinski definition) is 1. The molecule has 0 spiro atoms. The molecule has 0 amide bonds. The van der Waals surface area contributed by atoms with Crippen LogP contribution in [-0.2, 0) is 4.74 Å². The highest BCUT2D eigenvalue weighted by molar-refractivity contribution is 5.95. The molecule has 0 aromatic heterocycles. The number of anilines is 1. The van der Waals surface area contributed by atoms with Crippen molar-refractivity contribution >= 4 is 11.7 Å². The highest BCUT2D eigenvalue weighted by Crippen LogP contribution is 2.25. The number of hydrogen-bond acceptors (Lipinski definition) is 4. The van der Waals surface area contributed by atoms with Crippen molar-refractivity contribution in [1.82, 2.24) is 0 Å². The molecular weight excluding hydrogens is 230 g/mol. The Bertz CT molecular complexity index is 427. The standard InChI is InChI=1S/C14H21NO3/c1-5-14(3,4)18-10-7-8-12(15)11(9-10)13(16)17-6-2/h7-9H,5-6,15H2,1-4H3. The summed E-state index contributed by atoms with van der Waals surface area (Å²) in [6.07, 6.45) is 0.867. The average molecular weight is 251 g/mol. The molecule has 0 atom stereocenters. The van der Waals surface area contributed by atoms with Crippen LogP contribution in [0.5, 0.6) is 5.75 Å². The molecule has 100 valence electrons.